The highest BCUT2D eigenvalue weighted by Crippen LogP contribution is 2.41. The van der Waals surface area contributed by atoms with Gasteiger partial charge in [-0.25, -0.2) is 14.0 Å². The maximum atomic E-state index is 13.4. The number of aromatic nitrogens is 9. The summed E-state index contributed by atoms with van der Waals surface area (Å²) in [5, 5.41) is 101. The minimum atomic E-state index is -1.34. The lowest BCUT2D eigenvalue weighted by Crippen LogP contribution is -2.66. The van der Waals surface area contributed by atoms with Crippen LogP contribution in [0.25, 0.3) is 0 Å². The van der Waals surface area contributed by atoms with E-state index in [1.807, 2.05) is 0 Å². The lowest BCUT2D eigenvalue weighted by molar-refractivity contribution is -0.229. The van der Waals surface area contributed by atoms with Crippen molar-refractivity contribution in [1.29, 1.82) is 0 Å². The van der Waals surface area contributed by atoms with Crippen LogP contribution in [0.3, 0.4) is 0 Å². The number of carbonyl (C=O) groups is 4. The smallest absolute Gasteiger partial charge is 0.220 e. The van der Waals surface area contributed by atoms with Gasteiger partial charge < -0.3 is 143 Å². The first-order valence-corrected chi connectivity index (χ1v) is 39.1. The van der Waals surface area contributed by atoms with Gasteiger partial charge in [0.05, 0.1) is 97.7 Å². The van der Waals surface area contributed by atoms with Gasteiger partial charge in [0.25, 0.3) is 0 Å². The Morgan fingerprint density at radius 1 is 0.416 bits per heavy atom. The van der Waals surface area contributed by atoms with Crippen molar-refractivity contribution in [2.24, 2.45) is 5.73 Å². The molecule has 6 aliphatic rings. The Kier molecular flexibility index (Phi) is 38.4. The Bertz CT molecular complexity index is 2930. The third kappa shape index (κ3) is 28.5. The average molecular weight is 1620 g/mol. The second-order valence-corrected chi connectivity index (χ2v) is 29.2. The fourth-order valence-electron chi connectivity index (χ4n) is 13.7. The molecule has 3 aromatic heterocycles. The van der Waals surface area contributed by atoms with Gasteiger partial charge in [0.1, 0.15) is 94.2 Å². The van der Waals surface area contributed by atoms with Crippen LogP contribution in [0.5, 0.6) is 0 Å². The van der Waals surface area contributed by atoms with Crippen molar-refractivity contribution < 1.29 is 135 Å². The Labute approximate surface area is 656 Å². The van der Waals surface area contributed by atoms with E-state index in [2.05, 4.69) is 52.2 Å². The number of rotatable bonds is 61. The van der Waals surface area contributed by atoms with E-state index in [9.17, 15) is 49.8 Å². The number of amides is 4. The quantitative estimate of drug-likeness (QED) is 0.0238. The van der Waals surface area contributed by atoms with E-state index >= 15 is 0 Å². The maximum absolute atomic E-state index is 13.4. The highest BCUT2D eigenvalue weighted by molar-refractivity contribution is 5.77. The monoisotopic (exact) mass is 1620 g/mol. The van der Waals surface area contributed by atoms with Gasteiger partial charge in [-0.15, -0.1) is 15.3 Å². The summed E-state index contributed by atoms with van der Waals surface area (Å²) in [5.74, 6) is -1.35. The van der Waals surface area contributed by atoms with E-state index in [1.54, 1.807) is 18.6 Å². The highest BCUT2D eigenvalue weighted by atomic mass is 16.8. The molecule has 6 saturated heterocycles. The average Bonchev–Trinajstić information content (AvgIpc) is 1.61. The fourth-order valence-corrected chi connectivity index (χ4v) is 13.7. The normalized spacial score (nSPS) is 27.2. The Balaban J connectivity index is 0.610. The third-order valence-electron chi connectivity index (χ3n) is 19.3. The van der Waals surface area contributed by atoms with Gasteiger partial charge in [-0.1, -0.05) is 15.6 Å². The predicted molar refractivity (Wildman–Crippen MR) is 387 cm³/mol. The zero-order valence-corrected chi connectivity index (χ0v) is 65.1. The summed E-state index contributed by atoms with van der Waals surface area (Å²) >= 11 is 0. The number of hydrogen-bond donors (Lipinski definition) is 11. The number of nitrogens with zero attached hydrogens (tertiary/aromatic N) is 9. The van der Waals surface area contributed by atoms with E-state index in [4.69, 9.17) is 91.0 Å². The van der Waals surface area contributed by atoms with Gasteiger partial charge in [0.2, 0.25) is 23.6 Å². The van der Waals surface area contributed by atoms with Gasteiger partial charge in [-0.2, -0.15) is 0 Å². The number of aliphatic hydroxyl groups excluding tert-OH is 6. The van der Waals surface area contributed by atoms with E-state index in [0.717, 1.165) is 0 Å². The largest absolute Gasteiger partial charge is 0.388 e. The molecule has 642 valence electrons. The van der Waals surface area contributed by atoms with Crippen LogP contribution in [0.15, 0.2) is 18.6 Å². The number of nitrogens with two attached hydrogens (primary N) is 1. The minimum Gasteiger partial charge on any atom is -0.388 e. The molecule has 0 radical (unpaired) electrons. The third-order valence-corrected chi connectivity index (χ3v) is 19.3. The summed E-state index contributed by atoms with van der Waals surface area (Å²) in [5.41, 5.74) is 2.70. The number of ether oxygens (including phenoxy) is 18. The molecule has 113 heavy (non-hydrogen) atoms. The van der Waals surface area contributed by atoms with Crippen molar-refractivity contribution in [3.63, 3.8) is 0 Å². The van der Waals surface area contributed by atoms with Crippen molar-refractivity contribution in [2.45, 2.75) is 227 Å². The molecule has 6 fully saturated rings. The SMILES string of the molecule is CC(=O)N[C@H]1[C@H]2OC[C@@](Cn3cc(COCCCOCCCOCCCOCC(COCCCOCCCOCCCOCc4cn(C[C@]56CO[C@@H](O5)[C@H](NC(C)=O)[C@@H](O)[C@H]6O)nn4)(COCCCOCCCOCCCOCc4cn(C[C@]56CO[C@@H](O5)[C@H](NC(C)=O)[C@@H](O)[C@H]6O)nn4)NC(=O)CCCN)nn3)(O2)[C@H](O)[C@@H]1O. The first-order chi connectivity index (χ1) is 54.7. The van der Waals surface area contributed by atoms with Crippen LogP contribution in [0.4, 0.5) is 0 Å². The minimum absolute atomic E-state index is 0.00238. The zero-order valence-electron chi connectivity index (χ0n) is 65.1. The molecule has 0 aromatic carbocycles. The van der Waals surface area contributed by atoms with Gasteiger partial charge in [0, 0.05) is 146 Å². The molecule has 0 aliphatic carbocycles. The molecule has 42 nitrogen and oxygen atoms in total. The number of carbonyl (C=O) groups excluding carboxylic acids is 4. The molecule has 0 spiro atoms. The van der Waals surface area contributed by atoms with Crippen LogP contribution in [-0.4, -0.2) is 360 Å². The lowest BCUT2D eigenvalue weighted by Gasteiger charge is -2.42. The molecule has 42 heteroatoms. The van der Waals surface area contributed by atoms with Crippen molar-refractivity contribution in [1.82, 2.24) is 66.2 Å². The Morgan fingerprint density at radius 3 is 0.929 bits per heavy atom. The second-order valence-electron chi connectivity index (χ2n) is 29.2. The van der Waals surface area contributed by atoms with Gasteiger partial charge >= 0.3 is 0 Å². The Morgan fingerprint density at radius 2 is 0.673 bits per heavy atom. The summed E-state index contributed by atoms with van der Waals surface area (Å²) in [6.07, 6.45) is 0.896. The first-order valence-electron chi connectivity index (χ1n) is 39.1. The van der Waals surface area contributed by atoms with Gasteiger partial charge in [-0.05, 0) is 70.8 Å². The zero-order chi connectivity index (χ0) is 80.3. The molecule has 9 rings (SSSR count). The topological polar surface area (TPSA) is 522 Å². The summed E-state index contributed by atoms with van der Waals surface area (Å²) in [6.45, 7) is 13.5. The van der Waals surface area contributed by atoms with Crippen LogP contribution in [0.2, 0.25) is 0 Å². The molecule has 0 saturated carbocycles. The first kappa shape index (κ1) is 91.2. The van der Waals surface area contributed by atoms with Gasteiger partial charge in [-0.3, -0.25) is 19.2 Å². The number of aliphatic hydroxyl groups is 6. The van der Waals surface area contributed by atoms with E-state index in [0.29, 0.717) is 207 Å². The molecule has 6 aliphatic heterocycles. The second kappa shape index (κ2) is 47.6. The van der Waals surface area contributed by atoms with E-state index in [-0.39, 0.29) is 109 Å². The molecule has 9 heterocycles. The molecule has 0 unspecified atom stereocenters. The molecule has 12 N–H and O–H groups in total. The van der Waals surface area contributed by atoms with Gasteiger partial charge in [0.15, 0.2) is 18.9 Å². The van der Waals surface area contributed by atoms with Crippen LogP contribution in [0, 0.1) is 0 Å². The van der Waals surface area contributed by atoms with Crippen molar-refractivity contribution in [3.05, 3.63) is 35.7 Å². The molecule has 4 amide bonds. The number of hydrogen-bond acceptors (Lipinski definition) is 35. The van der Waals surface area contributed by atoms with Crippen molar-refractivity contribution in [3.8, 4) is 0 Å². The highest BCUT2D eigenvalue weighted by Gasteiger charge is 2.62. The van der Waals surface area contributed by atoms with Crippen molar-refractivity contribution >= 4 is 23.6 Å². The molecular weight excluding hydrogens is 1500 g/mol. The van der Waals surface area contributed by atoms with Crippen LogP contribution < -0.4 is 27.0 Å². The summed E-state index contributed by atoms with van der Waals surface area (Å²) in [6, 6.07) is -2.72. The maximum Gasteiger partial charge on any atom is 0.220 e. The summed E-state index contributed by atoms with van der Waals surface area (Å²) in [4.78, 5) is 48.3. The molecule has 15 atom stereocenters. The predicted octanol–water partition coefficient (Wildman–Crippen LogP) is -4.28. The number of nitrogens with one attached hydrogen (secondary N) is 4. The molecule has 3 aromatic rings. The summed E-state index contributed by atoms with van der Waals surface area (Å²) in [7, 11) is 0. The van der Waals surface area contributed by atoms with E-state index < -0.39 is 96.0 Å². The van der Waals surface area contributed by atoms with Crippen LogP contribution >= 0.6 is 0 Å². The fraction of sp³-hybridized carbons (Fsp3) is 0.859. The standard InChI is InChI=1S/C71H120N14O28/c1-49(86)73-56-59(90)62(93)69(46-108-65(56)111-69)40-83-34-52(77-80-83)37-102-28-8-22-96-16-5-19-99-25-11-31-105-43-68(76-55(89)14-4-15-72,44-106-32-12-26-100-20-6-17-97-23-9-29-103-38-53-35-84(81-78-53)41-70-47-109-66(112-70)57(74-50(2)87)60(91)63(70)94)45-107-33-13-27-101-21-7-18-98-24-10-30-104-39-54-36-85(82-79-54)42-71-48-110-67(113-71)58(75-51(3)88)61(92)64(71)95/h34-36,56-67,90-95H,4-33,37-48,72H2,1-3H3,(H,73,86)(H,74,87)(H,75,88)(H,76,89)/t56-,57-,58-,59-,60-,61-,62-,63-,64-,65+,66+,67+,69-,70-,71-/m1/s1. The van der Waals surface area contributed by atoms with Crippen molar-refractivity contribution in [2.75, 3.05) is 165 Å². The number of fused-ring (bicyclic) bond motifs is 6. The van der Waals surface area contributed by atoms with E-state index in [1.165, 1.54) is 34.8 Å². The van der Waals surface area contributed by atoms with Crippen LogP contribution in [-0.2, 0) is 144 Å². The summed E-state index contributed by atoms with van der Waals surface area (Å²) < 4.78 is 111. The molecule has 6 bridgehead atoms. The lowest BCUT2D eigenvalue weighted by atomic mass is 9.87. The Hall–Kier alpha value is -5.70. The molecular formula is C71H120N14O28. The van der Waals surface area contributed by atoms with Crippen LogP contribution in [0.1, 0.15) is 108 Å².